The molecule has 0 amide bonds. The molecule has 1 heterocycles. The first-order valence-electron chi connectivity index (χ1n) is 6.46. The van der Waals surface area contributed by atoms with Crippen LogP contribution in [0.3, 0.4) is 0 Å². The number of aromatic amines is 1. The zero-order valence-corrected chi connectivity index (χ0v) is 11.2. The van der Waals surface area contributed by atoms with Crippen molar-refractivity contribution in [2.45, 2.75) is 6.18 Å². The molecule has 0 aliphatic rings. The van der Waals surface area contributed by atoms with Crippen LogP contribution in [-0.2, 0) is 6.18 Å². The standard InChI is InChI=1S/C16H11F3N2O/c17-16(18,19)12-6-2-1-4-10(12)14-8-11-9(15(22)21-14)5-3-7-13(11)20/h1-8H,20H2,(H,21,22). The van der Waals surface area contributed by atoms with Gasteiger partial charge in [0.25, 0.3) is 5.56 Å². The molecule has 1 aromatic heterocycles. The molecule has 3 nitrogen and oxygen atoms in total. The van der Waals surface area contributed by atoms with Crippen molar-refractivity contribution in [3.8, 4) is 11.3 Å². The molecule has 0 bridgehead atoms. The highest BCUT2D eigenvalue weighted by Crippen LogP contribution is 2.36. The number of nitrogen functional groups attached to an aromatic ring is 1. The van der Waals surface area contributed by atoms with Crippen LogP contribution in [0.1, 0.15) is 5.56 Å². The molecular formula is C16H11F3N2O. The summed E-state index contributed by atoms with van der Waals surface area (Å²) in [6, 6.07) is 11.4. The number of benzene rings is 2. The van der Waals surface area contributed by atoms with Gasteiger partial charge in [-0.25, -0.2) is 0 Å². The molecule has 0 saturated heterocycles. The van der Waals surface area contributed by atoms with E-state index < -0.39 is 17.3 Å². The van der Waals surface area contributed by atoms with Gasteiger partial charge in [0.2, 0.25) is 0 Å². The lowest BCUT2D eigenvalue weighted by Gasteiger charge is -2.13. The maximum Gasteiger partial charge on any atom is 0.417 e. The predicted octanol–water partition coefficient (Wildman–Crippen LogP) is 3.80. The van der Waals surface area contributed by atoms with Crippen LogP contribution in [-0.4, -0.2) is 4.98 Å². The van der Waals surface area contributed by atoms with E-state index in [0.717, 1.165) is 6.07 Å². The van der Waals surface area contributed by atoms with Crippen LogP contribution in [0, 0.1) is 0 Å². The minimum atomic E-state index is -4.51. The molecule has 0 aliphatic heterocycles. The van der Waals surface area contributed by atoms with Crippen LogP contribution in [0.5, 0.6) is 0 Å². The summed E-state index contributed by atoms with van der Waals surface area (Å²) in [5, 5.41) is 0.770. The Hall–Kier alpha value is -2.76. The zero-order valence-electron chi connectivity index (χ0n) is 11.2. The van der Waals surface area contributed by atoms with Crippen molar-refractivity contribution in [1.82, 2.24) is 4.98 Å². The lowest BCUT2D eigenvalue weighted by molar-refractivity contribution is -0.137. The van der Waals surface area contributed by atoms with Crippen LogP contribution in [0.15, 0.2) is 53.3 Å². The normalized spacial score (nSPS) is 11.8. The quantitative estimate of drug-likeness (QED) is 0.672. The Bertz CT molecular complexity index is 913. The summed E-state index contributed by atoms with van der Waals surface area (Å²) in [6.45, 7) is 0. The Morgan fingerprint density at radius 2 is 1.68 bits per heavy atom. The predicted molar refractivity (Wildman–Crippen MR) is 79.4 cm³/mol. The SMILES string of the molecule is Nc1cccc2c(=O)[nH]c(-c3ccccc3C(F)(F)F)cc12. The first-order valence-corrected chi connectivity index (χ1v) is 6.46. The second-order valence-electron chi connectivity index (χ2n) is 4.86. The Morgan fingerprint density at radius 1 is 0.955 bits per heavy atom. The zero-order chi connectivity index (χ0) is 15.9. The van der Waals surface area contributed by atoms with Crippen molar-refractivity contribution in [3.63, 3.8) is 0 Å². The van der Waals surface area contributed by atoms with Gasteiger partial charge >= 0.3 is 6.18 Å². The van der Waals surface area contributed by atoms with Crippen LogP contribution in [0.4, 0.5) is 18.9 Å². The molecule has 3 aromatic rings. The topological polar surface area (TPSA) is 58.9 Å². The number of pyridine rings is 1. The number of fused-ring (bicyclic) bond motifs is 1. The average Bonchev–Trinajstić information content (AvgIpc) is 2.47. The van der Waals surface area contributed by atoms with Crippen molar-refractivity contribution in [1.29, 1.82) is 0 Å². The summed E-state index contributed by atoms with van der Waals surface area (Å²) in [5.74, 6) is 0. The fourth-order valence-corrected chi connectivity index (χ4v) is 2.42. The minimum absolute atomic E-state index is 0.0859. The molecule has 0 unspecified atom stereocenters. The average molecular weight is 304 g/mol. The fraction of sp³-hybridized carbons (Fsp3) is 0.0625. The number of alkyl halides is 3. The lowest BCUT2D eigenvalue weighted by Crippen LogP contribution is -2.11. The molecule has 0 atom stereocenters. The highest BCUT2D eigenvalue weighted by atomic mass is 19.4. The van der Waals surface area contributed by atoms with E-state index in [2.05, 4.69) is 4.98 Å². The van der Waals surface area contributed by atoms with Crippen LogP contribution in [0.25, 0.3) is 22.0 Å². The fourth-order valence-electron chi connectivity index (χ4n) is 2.42. The number of aromatic nitrogens is 1. The third-order valence-electron chi connectivity index (χ3n) is 3.44. The number of rotatable bonds is 1. The van der Waals surface area contributed by atoms with Gasteiger partial charge in [-0.3, -0.25) is 4.79 Å². The second-order valence-corrected chi connectivity index (χ2v) is 4.86. The number of H-pyrrole nitrogens is 1. The molecule has 112 valence electrons. The third kappa shape index (κ3) is 2.32. The largest absolute Gasteiger partial charge is 0.417 e. The molecule has 3 N–H and O–H groups in total. The van der Waals surface area contributed by atoms with Gasteiger partial charge in [-0.2, -0.15) is 13.2 Å². The van der Waals surface area contributed by atoms with E-state index in [1.165, 1.54) is 24.3 Å². The van der Waals surface area contributed by atoms with Gasteiger partial charge in [0.05, 0.1) is 5.56 Å². The molecular weight excluding hydrogens is 293 g/mol. The summed E-state index contributed by atoms with van der Waals surface area (Å²) < 4.78 is 39.3. The summed E-state index contributed by atoms with van der Waals surface area (Å²) in [7, 11) is 0. The van der Waals surface area contributed by atoms with Crippen molar-refractivity contribution in [3.05, 3.63) is 64.4 Å². The maximum absolute atomic E-state index is 13.1. The molecule has 3 rings (SSSR count). The van der Waals surface area contributed by atoms with E-state index in [4.69, 9.17) is 5.73 Å². The first kappa shape index (κ1) is 14.2. The number of hydrogen-bond acceptors (Lipinski definition) is 2. The number of hydrogen-bond donors (Lipinski definition) is 2. The van der Waals surface area contributed by atoms with Crippen LogP contribution in [0.2, 0.25) is 0 Å². The molecule has 0 radical (unpaired) electrons. The van der Waals surface area contributed by atoms with Crippen molar-refractivity contribution < 1.29 is 13.2 Å². The number of anilines is 1. The summed E-state index contributed by atoms with van der Waals surface area (Å²) >= 11 is 0. The lowest BCUT2D eigenvalue weighted by atomic mass is 10.0. The highest BCUT2D eigenvalue weighted by molar-refractivity contribution is 5.94. The second kappa shape index (κ2) is 4.91. The Morgan fingerprint density at radius 3 is 2.41 bits per heavy atom. The van der Waals surface area contributed by atoms with E-state index in [0.29, 0.717) is 16.5 Å². The Kier molecular flexibility index (Phi) is 3.16. The van der Waals surface area contributed by atoms with Crippen molar-refractivity contribution >= 4 is 16.5 Å². The molecule has 0 aliphatic carbocycles. The van der Waals surface area contributed by atoms with Crippen LogP contribution < -0.4 is 11.3 Å². The van der Waals surface area contributed by atoms with Gasteiger partial charge in [-0.15, -0.1) is 0 Å². The van der Waals surface area contributed by atoms with E-state index >= 15 is 0 Å². The molecule has 0 spiro atoms. The van der Waals surface area contributed by atoms with E-state index in [9.17, 15) is 18.0 Å². The molecule has 22 heavy (non-hydrogen) atoms. The summed E-state index contributed by atoms with van der Waals surface area (Å²) in [4.78, 5) is 14.6. The summed E-state index contributed by atoms with van der Waals surface area (Å²) in [6.07, 6.45) is -4.51. The number of halogens is 3. The molecule has 2 aromatic carbocycles. The van der Waals surface area contributed by atoms with Gasteiger partial charge in [-0.1, -0.05) is 24.3 Å². The monoisotopic (exact) mass is 304 g/mol. The smallest absolute Gasteiger partial charge is 0.398 e. The number of nitrogens with one attached hydrogen (secondary N) is 1. The summed E-state index contributed by atoms with van der Waals surface area (Å²) in [5.41, 5.74) is 4.88. The Balaban J connectivity index is 2.33. The van der Waals surface area contributed by atoms with Gasteiger partial charge < -0.3 is 10.7 Å². The molecule has 6 heteroatoms. The highest BCUT2D eigenvalue weighted by Gasteiger charge is 2.33. The van der Waals surface area contributed by atoms with E-state index in [1.54, 1.807) is 18.2 Å². The maximum atomic E-state index is 13.1. The van der Waals surface area contributed by atoms with Gasteiger partial charge in [0.1, 0.15) is 0 Å². The Labute approximate surface area is 123 Å². The minimum Gasteiger partial charge on any atom is -0.398 e. The van der Waals surface area contributed by atoms with Gasteiger partial charge in [0.15, 0.2) is 0 Å². The van der Waals surface area contributed by atoms with Crippen molar-refractivity contribution in [2.75, 3.05) is 5.73 Å². The molecule has 0 fully saturated rings. The van der Waals surface area contributed by atoms with Gasteiger partial charge in [-0.05, 0) is 24.3 Å². The van der Waals surface area contributed by atoms with Crippen molar-refractivity contribution in [2.24, 2.45) is 0 Å². The van der Waals surface area contributed by atoms with E-state index in [1.807, 2.05) is 0 Å². The van der Waals surface area contributed by atoms with Crippen LogP contribution >= 0.6 is 0 Å². The molecule has 0 saturated carbocycles. The third-order valence-corrected chi connectivity index (χ3v) is 3.44. The van der Waals surface area contributed by atoms with Gasteiger partial charge in [0, 0.05) is 27.7 Å². The van der Waals surface area contributed by atoms with E-state index in [-0.39, 0.29) is 11.3 Å². The number of nitrogens with two attached hydrogens (primary N) is 1. The first-order chi connectivity index (χ1) is 10.4.